The molecule has 0 unspecified atom stereocenters. The number of ether oxygens (including phenoxy) is 1. The fraction of sp³-hybridized carbons (Fsp3) is 0.250. The van der Waals surface area contributed by atoms with Crippen molar-refractivity contribution < 1.29 is 36.9 Å². The number of nitrogens with one attached hydrogen (secondary N) is 4. The number of allylic oxidation sites excluding steroid dienone is 1. The maximum absolute atomic E-state index is 13.0. The summed E-state index contributed by atoms with van der Waals surface area (Å²) in [5.41, 5.74) is 7.42. The van der Waals surface area contributed by atoms with Crippen LogP contribution in [0.3, 0.4) is 0 Å². The van der Waals surface area contributed by atoms with E-state index < -0.39 is 33.2 Å². The molecule has 15 heteroatoms. The van der Waals surface area contributed by atoms with Crippen molar-refractivity contribution >= 4 is 51.4 Å². The lowest BCUT2D eigenvalue weighted by Crippen LogP contribution is -2.35. The van der Waals surface area contributed by atoms with E-state index in [2.05, 4.69) is 44.1 Å². The molecule has 0 spiro atoms. The smallest absolute Gasteiger partial charge is 0.312 e. The van der Waals surface area contributed by atoms with Crippen molar-refractivity contribution in [2.24, 2.45) is 5.10 Å². The van der Waals surface area contributed by atoms with Crippen LogP contribution >= 0.6 is 0 Å². The molecule has 0 radical (unpaired) electrons. The zero-order valence-corrected chi connectivity index (χ0v) is 32.0. The van der Waals surface area contributed by atoms with Gasteiger partial charge in [-0.1, -0.05) is 69.0 Å². The van der Waals surface area contributed by atoms with Crippen LogP contribution in [0.4, 0.5) is 11.5 Å². The normalized spacial score (nSPS) is 11.5. The van der Waals surface area contributed by atoms with Gasteiger partial charge in [0.1, 0.15) is 10.7 Å². The second-order valence-electron chi connectivity index (χ2n) is 13.3. The van der Waals surface area contributed by atoms with Gasteiger partial charge in [-0.15, -0.1) is 0 Å². The van der Waals surface area contributed by atoms with Crippen molar-refractivity contribution in [3.8, 4) is 0 Å². The monoisotopic (exact) mass is 768 g/mol. The van der Waals surface area contributed by atoms with Gasteiger partial charge in [0.05, 0.1) is 24.6 Å². The van der Waals surface area contributed by atoms with Gasteiger partial charge in [-0.2, -0.15) is 13.5 Å². The number of nitrogens with zero attached hydrogens (tertiary/aromatic N) is 2. The predicted octanol–water partition coefficient (Wildman–Crippen LogP) is 5.13. The van der Waals surface area contributed by atoms with Gasteiger partial charge in [0.15, 0.2) is 5.76 Å². The molecule has 4 aromatic rings. The molecule has 0 fully saturated rings. The maximum atomic E-state index is 13.0. The molecule has 14 nitrogen and oxygen atoms in total. The molecule has 3 aromatic carbocycles. The van der Waals surface area contributed by atoms with Crippen LogP contribution in [0.15, 0.2) is 101 Å². The number of hydrogen-bond acceptors (Lipinski definition) is 11. The van der Waals surface area contributed by atoms with Crippen molar-refractivity contribution in [3.63, 3.8) is 0 Å². The second-order valence-corrected chi connectivity index (χ2v) is 14.7. The van der Waals surface area contributed by atoms with Gasteiger partial charge in [-0.3, -0.25) is 29.2 Å². The van der Waals surface area contributed by atoms with Crippen LogP contribution in [-0.2, 0) is 36.3 Å². The lowest BCUT2D eigenvalue weighted by atomic mass is 9.78. The van der Waals surface area contributed by atoms with Crippen molar-refractivity contribution in [2.75, 3.05) is 30.9 Å². The average Bonchev–Trinajstić information content (AvgIpc) is 3.12. The first kappa shape index (κ1) is 41.6. The van der Waals surface area contributed by atoms with Crippen LogP contribution in [-0.4, -0.2) is 67.9 Å². The highest BCUT2D eigenvalue weighted by Gasteiger charge is 2.30. The van der Waals surface area contributed by atoms with Gasteiger partial charge in [0, 0.05) is 48.6 Å². The second kappa shape index (κ2) is 18.2. The number of amides is 2. The molecule has 1 aromatic heterocycles. The van der Waals surface area contributed by atoms with E-state index in [1.807, 2.05) is 40.8 Å². The van der Waals surface area contributed by atoms with Crippen molar-refractivity contribution in [3.05, 3.63) is 130 Å². The number of pyridine rings is 1. The molecule has 0 saturated carbocycles. The fourth-order valence-electron chi connectivity index (χ4n) is 5.98. The molecule has 288 valence electrons. The molecular weight excluding hydrogens is 725 g/mol. The summed E-state index contributed by atoms with van der Waals surface area (Å²) in [5.74, 6) is -1.85. The zero-order valence-electron chi connectivity index (χ0n) is 31.2. The Kier molecular flexibility index (Phi) is 13.8. The number of Topliss-reactive ketones (excluding diaryl/α,β-unsaturated/α-hetero) is 1. The van der Waals surface area contributed by atoms with Gasteiger partial charge in [-0.25, -0.2) is 4.98 Å². The van der Waals surface area contributed by atoms with Crippen LogP contribution in [0, 0.1) is 13.8 Å². The minimum atomic E-state index is -4.42. The summed E-state index contributed by atoms with van der Waals surface area (Å²) in [6.45, 7) is 11.9. The first-order chi connectivity index (χ1) is 26.0. The first-order valence-corrected chi connectivity index (χ1v) is 18.6. The summed E-state index contributed by atoms with van der Waals surface area (Å²) >= 11 is 0. The SMILES string of the molecule is C=C(OC(=O)CC(C)(C)c1c(C)cc(C)cc1NC)C(=O)c1ccc(CC(=O)NCCNC(=O)c2ccc(N/N=C\c3ccccc3S(=O)(=O)O)nc2)cc1. The third-order valence-electron chi connectivity index (χ3n) is 8.42. The summed E-state index contributed by atoms with van der Waals surface area (Å²) in [4.78, 5) is 54.7. The van der Waals surface area contributed by atoms with Gasteiger partial charge in [0.25, 0.3) is 16.0 Å². The molecule has 0 aliphatic rings. The van der Waals surface area contributed by atoms with Crippen LogP contribution in [0.25, 0.3) is 0 Å². The molecule has 0 saturated heterocycles. The minimum absolute atomic E-state index is 0.0252. The largest absolute Gasteiger partial charge is 0.423 e. The number of hydrazone groups is 1. The highest BCUT2D eigenvalue weighted by molar-refractivity contribution is 7.86. The summed E-state index contributed by atoms with van der Waals surface area (Å²) in [6, 6.07) is 19.2. The van der Waals surface area contributed by atoms with Gasteiger partial charge < -0.3 is 20.7 Å². The third kappa shape index (κ3) is 11.6. The Morgan fingerprint density at radius 3 is 2.27 bits per heavy atom. The molecular formula is C40H44N6O8S. The number of hydrogen-bond donors (Lipinski definition) is 5. The number of rotatable bonds is 17. The van der Waals surface area contributed by atoms with E-state index in [1.54, 1.807) is 18.2 Å². The van der Waals surface area contributed by atoms with Crippen molar-refractivity contribution in [1.82, 2.24) is 15.6 Å². The van der Waals surface area contributed by atoms with Crippen molar-refractivity contribution in [1.29, 1.82) is 0 Å². The molecule has 2 amide bonds. The highest BCUT2D eigenvalue weighted by atomic mass is 32.2. The Labute approximate surface area is 320 Å². The molecule has 0 atom stereocenters. The van der Waals surface area contributed by atoms with E-state index in [-0.39, 0.29) is 65.0 Å². The number of anilines is 2. The number of carbonyl (C=O) groups is 4. The Bertz CT molecular complexity index is 2220. The van der Waals surface area contributed by atoms with E-state index in [1.165, 1.54) is 54.9 Å². The molecule has 0 aliphatic carbocycles. The topological polar surface area (TPSA) is 205 Å². The van der Waals surface area contributed by atoms with Crippen LogP contribution < -0.4 is 21.4 Å². The summed E-state index contributed by atoms with van der Waals surface area (Å²) in [7, 11) is -2.59. The van der Waals surface area contributed by atoms with Crippen LogP contribution in [0.5, 0.6) is 0 Å². The summed E-state index contributed by atoms with van der Waals surface area (Å²) in [6.07, 6.45) is 2.59. The molecule has 1 heterocycles. The minimum Gasteiger partial charge on any atom is -0.423 e. The van der Waals surface area contributed by atoms with Crippen LogP contribution in [0.1, 0.15) is 68.8 Å². The Hall–Kier alpha value is -6.19. The van der Waals surface area contributed by atoms with E-state index in [4.69, 9.17) is 4.74 Å². The quantitative estimate of drug-likeness (QED) is 0.0139. The molecule has 4 rings (SSSR count). The van der Waals surface area contributed by atoms with Gasteiger partial charge in [0.2, 0.25) is 11.7 Å². The van der Waals surface area contributed by atoms with Gasteiger partial charge >= 0.3 is 5.97 Å². The average molecular weight is 769 g/mol. The zero-order chi connectivity index (χ0) is 40.3. The van der Waals surface area contributed by atoms with Gasteiger partial charge in [-0.05, 0) is 60.4 Å². The molecule has 55 heavy (non-hydrogen) atoms. The Morgan fingerprint density at radius 1 is 0.945 bits per heavy atom. The predicted molar refractivity (Wildman–Crippen MR) is 210 cm³/mol. The lowest BCUT2D eigenvalue weighted by Gasteiger charge is -2.29. The third-order valence-corrected chi connectivity index (χ3v) is 9.35. The standard InChI is InChI=1S/C40H44N6O8S/c1-25-19-26(2)37(32(20-25)41-6)40(4,5)22-36(48)54-27(3)38(49)29-13-11-28(12-14-29)21-35(47)42-17-18-43-39(50)31-15-16-34(44-23-31)46-45-24-30-9-7-8-10-33(30)55(51,52)53/h7-16,19-20,23-24,41H,3,17-18,21-22H2,1-2,4-6H3,(H,42,47)(H,43,50)(H,44,46)(H,51,52,53)/b45-24-. The molecule has 0 bridgehead atoms. The number of esters is 1. The lowest BCUT2D eigenvalue weighted by molar-refractivity contribution is -0.140. The number of aromatic nitrogens is 1. The molecule has 5 N–H and O–H groups in total. The number of benzene rings is 3. The van der Waals surface area contributed by atoms with E-state index in [9.17, 15) is 32.1 Å². The highest BCUT2D eigenvalue weighted by Crippen LogP contribution is 2.36. The van der Waals surface area contributed by atoms with E-state index in [0.717, 1.165) is 22.4 Å². The summed E-state index contributed by atoms with van der Waals surface area (Å²) < 4.78 is 37.7. The first-order valence-electron chi connectivity index (χ1n) is 17.2. The Morgan fingerprint density at radius 2 is 1.62 bits per heavy atom. The maximum Gasteiger partial charge on any atom is 0.312 e. The van der Waals surface area contributed by atoms with Crippen molar-refractivity contribution in [2.45, 2.75) is 50.8 Å². The van der Waals surface area contributed by atoms with Crippen LogP contribution in [0.2, 0.25) is 0 Å². The number of aryl methyl sites for hydroxylation is 2. The van der Waals surface area contributed by atoms with E-state index in [0.29, 0.717) is 5.56 Å². The number of ketones is 1. The number of carbonyl (C=O) groups excluding carboxylic acids is 4. The summed E-state index contributed by atoms with van der Waals surface area (Å²) in [5, 5.41) is 12.5. The fourth-order valence-corrected chi connectivity index (χ4v) is 6.65. The Balaban J connectivity index is 1.18. The van der Waals surface area contributed by atoms with E-state index >= 15 is 0 Å². The molecule has 0 aliphatic heterocycles.